The molecule has 0 aliphatic heterocycles. The zero-order chi connectivity index (χ0) is 22.6. The molecule has 0 atom stereocenters. The number of alkyl halides is 4. The SMILES string of the molecule is Cc1ccc(S(=O)(=O)OCCOP(=O)(N(CCCl)CCCl)N(CCCl)CCCl)cc1. The third kappa shape index (κ3) is 8.74. The normalized spacial score (nSPS) is 12.8. The molecule has 30 heavy (non-hydrogen) atoms. The van der Waals surface area contributed by atoms with Crippen LogP contribution < -0.4 is 0 Å². The van der Waals surface area contributed by atoms with Gasteiger partial charge in [0.25, 0.3) is 10.1 Å². The lowest BCUT2D eigenvalue weighted by molar-refractivity contribution is 0.177. The Morgan fingerprint density at radius 2 is 1.27 bits per heavy atom. The van der Waals surface area contributed by atoms with Gasteiger partial charge >= 0.3 is 7.67 Å². The van der Waals surface area contributed by atoms with Crippen LogP contribution in [0.4, 0.5) is 0 Å². The molecule has 0 amide bonds. The van der Waals surface area contributed by atoms with Crippen LogP contribution in [0.15, 0.2) is 29.2 Å². The van der Waals surface area contributed by atoms with Crippen LogP contribution in [0.25, 0.3) is 0 Å². The third-order valence-electron chi connectivity index (χ3n) is 3.98. The predicted octanol–water partition coefficient (Wildman–Crippen LogP) is 4.38. The molecule has 0 saturated carbocycles. The standard InChI is InChI=1S/C17H27Cl4N2O5PS/c1-16-2-4-17(5-3-16)30(25,26)28-15-14-27-29(24,22(10-6-18)11-7-19)23(12-8-20)13-9-21/h2-5H,6-15H2,1H3. The highest BCUT2D eigenvalue weighted by Crippen LogP contribution is 2.54. The molecule has 0 aliphatic carbocycles. The minimum Gasteiger partial charge on any atom is -0.303 e. The van der Waals surface area contributed by atoms with E-state index in [1.54, 1.807) is 21.5 Å². The lowest BCUT2D eigenvalue weighted by Gasteiger charge is -2.37. The maximum Gasteiger partial charge on any atom is 0.346 e. The Hall–Kier alpha value is 0.400. The van der Waals surface area contributed by atoms with Gasteiger partial charge in [0.1, 0.15) is 0 Å². The molecule has 1 aromatic rings. The molecule has 0 heterocycles. The van der Waals surface area contributed by atoms with Crippen molar-refractivity contribution in [3.8, 4) is 0 Å². The number of hydrogen-bond acceptors (Lipinski definition) is 5. The van der Waals surface area contributed by atoms with Gasteiger partial charge in [-0.15, -0.1) is 46.4 Å². The molecule has 0 aliphatic rings. The van der Waals surface area contributed by atoms with Crippen molar-refractivity contribution in [3.63, 3.8) is 0 Å². The summed E-state index contributed by atoms with van der Waals surface area (Å²) in [6.45, 7) is 2.34. The van der Waals surface area contributed by atoms with Crippen LogP contribution in [0.5, 0.6) is 0 Å². The Bertz CT molecular complexity index is 738. The van der Waals surface area contributed by atoms with E-state index in [1.165, 1.54) is 12.1 Å². The molecule has 174 valence electrons. The number of rotatable bonds is 16. The summed E-state index contributed by atoms with van der Waals surface area (Å²) in [6, 6.07) is 6.27. The smallest absolute Gasteiger partial charge is 0.303 e. The fraction of sp³-hybridized carbons (Fsp3) is 0.647. The molecule has 13 heteroatoms. The van der Waals surface area contributed by atoms with Gasteiger partial charge in [0, 0.05) is 49.7 Å². The molecule has 0 spiro atoms. The summed E-state index contributed by atoms with van der Waals surface area (Å²) in [7, 11) is -7.57. The van der Waals surface area contributed by atoms with Crippen molar-refractivity contribution in [3.05, 3.63) is 29.8 Å². The Kier molecular flexibility index (Phi) is 13.8. The van der Waals surface area contributed by atoms with E-state index in [0.717, 1.165) is 5.56 Å². The quantitative estimate of drug-likeness (QED) is 0.132. The van der Waals surface area contributed by atoms with Crippen molar-refractivity contribution in [2.75, 3.05) is 62.9 Å². The molecule has 0 bridgehead atoms. The van der Waals surface area contributed by atoms with E-state index in [0.29, 0.717) is 0 Å². The summed E-state index contributed by atoms with van der Waals surface area (Å²) >= 11 is 23.4. The third-order valence-corrected chi connectivity index (χ3v) is 8.73. The molecule has 1 rings (SSSR count). The first-order chi connectivity index (χ1) is 14.2. The van der Waals surface area contributed by atoms with Crippen LogP contribution in [0.1, 0.15) is 5.56 Å². The van der Waals surface area contributed by atoms with Gasteiger partial charge in [-0.1, -0.05) is 17.7 Å². The molecule has 0 saturated heterocycles. The van der Waals surface area contributed by atoms with E-state index in [2.05, 4.69) is 0 Å². The first kappa shape index (κ1) is 28.4. The Balaban J connectivity index is 2.90. The van der Waals surface area contributed by atoms with Crippen molar-refractivity contribution >= 4 is 64.2 Å². The van der Waals surface area contributed by atoms with Gasteiger partial charge in [-0.25, -0.2) is 9.34 Å². The minimum atomic E-state index is -3.96. The topological polar surface area (TPSA) is 76.2 Å². The summed E-state index contributed by atoms with van der Waals surface area (Å²) in [6.07, 6.45) is 0. The van der Waals surface area contributed by atoms with Crippen molar-refractivity contribution in [1.82, 2.24) is 9.34 Å². The number of nitrogens with zero attached hydrogens (tertiary/aromatic N) is 2. The minimum absolute atomic E-state index is 0.0353. The van der Waals surface area contributed by atoms with Crippen LogP contribution >= 0.6 is 54.1 Å². The number of benzene rings is 1. The van der Waals surface area contributed by atoms with Crippen molar-refractivity contribution < 1.29 is 21.7 Å². The zero-order valence-electron chi connectivity index (χ0n) is 16.7. The highest BCUT2D eigenvalue weighted by molar-refractivity contribution is 7.86. The molecule has 0 N–H and O–H groups in total. The van der Waals surface area contributed by atoms with E-state index < -0.39 is 17.8 Å². The highest BCUT2D eigenvalue weighted by Gasteiger charge is 2.38. The van der Waals surface area contributed by atoms with E-state index in [4.69, 9.17) is 55.1 Å². The lowest BCUT2D eigenvalue weighted by Crippen LogP contribution is -2.37. The van der Waals surface area contributed by atoms with Gasteiger partial charge < -0.3 is 4.52 Å². The first-order valence-corrected chi connectivity index (χ1v) is 14.3. The first-order valence-electron chi connectivity index (χ1n) is 9.20. The second-order valence-electron chi connectivity index (χ2n) is 6.08. The van der Waals surface area contributed by atoms with Crippen molar-refractivity contribution in [2.24, 2.45) is 0 Å². The number of aryl methyl sites for hydroxylation is 1. The van der Waals surface area contributed by atoms with E-state index in [9.17, 15) is 13.0 Å². The second-order valence-corrected chi connectivity index (χ2v) is 11.6. The van der Waals surface area contributed by atoms with Crippen LogP contribution in [0.3, 0.4) is 0 Å². The summed E-state index contributed by atoms with van der Waals surface area (Å²) in [5.41, 5.74) is 0.926. The molecular weight excluding hydrogens is 517 g/mol. The zero-order valence-corrected chi connectivity index (χ0v) is 21.4. The van der Waals surface area contributed by atoms with E-state index >= 15 is 0 Å². The maximum atomic E-state index is 13.8. The van der Waals surface area contributed by atoms with Crippen LogP contribution in [-0.2, 0) is 23.4 Å². The van der Waals surface area contributed by atoms with Crippen LogP contribution in [0.2, 0.25) is 0 Å². The summed E-state index contributed by atoms with van der Waals surface area (Å²) < 4.78 is 52.2. The largest absolute Gasteiger partial charge is 0.346 e. The predicted molar refractivity (Wildman–Crippen MR) is 124 cm³/mol. The van der Waals surface area contributed by atoms with Crippen LogP contribution in [-0.4, -0.2) is 80.7 Å². The summed E-state index contributed by atoms with van der Waals surface area (Å²) in [5, 5.41) is 0. The molecular formula is C17H27Cl4N2O5PS. The maximum absolute atomic E-state index is 13.8. The average Bonchev–Trinajstić information content (AvgIpc) is 2.71. The van der Waals surface area contributed by atoms with Gasteiger partial charge in [-0.2, -0.15) is 8.42 Å². The Morgan fingerprint density at radius 1 is 0.833 bits per heavy atom. The van der Waals surface area contributed by atoms with Gasteiger partial charge in [0.2, 0.25) is 0 Å². The monoisotopic (exact) mass is 542 g/mol. The number of halogens is 4. The van der Waals surface area contributed by atoms with Crippen molar-refractivity contribution in [2.45, 2.75) is 11.8 Å². The molecule has 1 aromatic carbocycles. The molecule has 0 fully saturated rings. The second kappa shape index (κ2) is 14.5. The molecule has 0 unspecified atom stereocenters. The van der Waals surface area contributed by atoms with Gasteiger partial charge in [-0.3, -0.25) is 8.75 Å². The number of hydrogen-bond donors (Lipinski definition) is 0. The van der Waals surface area contributed by atoms with Gasteiger partial charge in [0.15, 0.2) is 0 Å². The van der Waals surface area contributed by atoms with E-state index in [1.807, 2.05) is 6.92 Å². The highest BCUT2D eigenvalue weighted by atomic mass is 35.5. The fourth-order valence-corrected chi connectivity index (χ4v) is 7.12. The summed E-state index contributed by atoms with van der Waals surface area (Å²) in [4.78, 5) is 0.0353. The van der Waals surface area contributed by atoms with E-state index in [-0.39, 0.29) is 67.8 Å². The lowest BCUT2D eigenvalue weighted by atomic mass is 10.2. The molecule has 0 aromatic heterocycles. The Labute approximate surface area is 199 Å². The Morgan fingerprint density at radius 3 is 1.67 bits per heavy atom. The van der Waals surface area contributed by atoms with Gasteiger partial charge in [-0.05, 0) is 19.1 Å². The summed E-state index contributed by atoms with van der Waals surface area (Å²) in [5.74, 6) is 0.826. The van der Waals surface area contributed by atoms with Crippen molar-refractivity contribution in [1.29, 1.82) is 0 Å². The molecule has 0 radical (unpaired) electrons. The average molecular weight is 544 g/mol. The fourth-order valence-electron chi connectivity index (χ4n) is 2.53. The van der Waals surface area contributed by atoms with Crippen LogP contribution in [0, 0.1) is 6.92 Å². The molecule has 7 nitrogen and oxygen atoms in total. The van der Waals surface area contributed by atoms with Gasteiger partial charge in [0.05, 0.1) is 18.1 Å².